The van der Waals surface area contributed by atoms with Crippen molar-refractivity contribution in [2.75, 3.05) is 11.9 Å². The zero-order valence-electron chi connectivity index (χ0n) is 22.0. The maximum absolute atomic E-state index is 13.5. The summed E-state index contributed by atoms with van der Waals surface area (Å²) in [5.74, 6) is 0.463. The van der Waals surface area contributed by atoms with Crippen LogP contribution in [-0.4, -0.2) is 49.0 Å². The van der Waals surface area contributed by atoms with Crippen molar-refractivity contribution in [3.05, 3.63) is 58.8 Å². The molecule has 0 spiro atoms. The molecule has 11 nitrogen and oxygen atoms in total. The van der Waals surface area contributed by atoms with Crippen LogP contribution in [0.4, 0.5) is 5.82 Å². The van der Waals surface area contributed by atoms with E-state index < -0.39 is 17.4 Å². The van der Waals surface area contributed by atoms with Crippen molar-refractivity contribution in [3.8, 4) is 11.6 Å². The van der Waals surface area contributed by atoms with Crippen molar-refractivity contribution in [3.63, 3.8) is 0 Å². The Labute approximate surface area is 221 Å². The molecule has 2 atom stereocenters. The third-order valence-electron chi connectivity index (χ3n) is 6.87. The Morgan fingerprint density at radius 2 is 2.08 bits per heavy atom. The first-order chi connectivity index (χ1) is 18.2. The molecule has 2 aliphatic rings. The molecule has 0 aromatic carbocycles. The number of amides is 1. The van der Waals surface area contributed by atoms with E-state index in [1.54, 1.807) is 23.0 Å². The summed E-state index contributed by atoms with van der Waals surface area (Å²) in [6, 6.07) is 7.69. The molecule has 1 amide bonds. The summed E-state index contributed by atoms with van der Waals surface area (Å²) in [4.78, 5) is 30.8. The summed E-state index contributed by atoms with van der Waals surface area (Å²) in [6.45, 7) is 6.59. The van der Waals surface area contributed by atoms with Crippen molar-refractivity contribution < 1.29 is 19.0 Å². The molecule has 11 heteroatoms. The van der Waals surface area contributed by atoms with Gasteiger partial charge in [-0.2, -0.15) is 10.2 Å². The topological polar surface area (TPSA) is 122 Å². The molecule has 1 saturated heterocycles. The summed E-state index contributed by atoms with van der Waals surface area (Å²) >= 11 is 0. The molecule has 2 unspecified atom stereocenters. The van der Waals surface area contributed by atoms with Gasteiger partial charge in [0.15, 0.2) is 17.4 Å². The van der Waals surface area contributed by atoms with Crippen LogP contribution in [0.5, 0.6) is 11.6 Å². The molecular weight excluding hydrogens is 488 g/mol. The Bertz CT molecular complexity index is 1330. The van der Waals surface area contributed by atoms with Gasteiger partial charge in [-0.25, -0.2) is 9.67 Å². The molecule has 1 aliphatic heterocycles. The molecule has 3 aromatic heterocycles. The van der Waals surface area contributed by atoms with Crippen molar-refractivity contribution in [1.29, 1.82) is 0 Å². The highest BCUT2D eigenvalue weighted by atomic mass is 16.7. The fourth-order valence-electron chi connectivity index (χ4n) is 5.07. The van der Waals surface area contributed by atoms with E-state index in [4.69, 9.17) is 14.2 Å². The van der Waals surface area contributed by atoms with Gasteiger partial charge in [-0.1, -0.05) is 31.7 Å². The average molecular weight is 523 g/mol. The highest BCUT2D eigenvalue weighted by molar-refractivity contribution is 5.92. The standard InChI is InChI=1S/C27H34N6O5/c1-18-7-6-10-24(29-18)37-20-14-25(34)33(28-15-20)22(13-19-8-4-5-9-19)26(35)30-23-11-12-32(31-23)16-21-17-36-27(2,3)38-21/h6-7,10-12,14-15,19,21-22H,4-5,8-9,13,16-17H2,1-3H3,(H,30,31,35). The highest BCUT2D eigenvalue weighted by Gasteiger charge is 2.33. The van der Waals surface area contributed by atoms with Crippen LogP contribution in [0, 0.1) is 12.8 Å². The number of rotatable bonds is 9. The molecule has 1 saturated carbocycles. The molecule has 0 bridgehead atoms. The van der Waals surface area contributed by atoms with Crippen LogP contribution in [0.3, 0.4) is 0 Å². The van der Waals surface area contributed by atoms with E-state index in [9.17, 15) is 9.59 Å². The molecule has 1 aliphatic carbocycles. The first-order valence-electron chi connectivity index (χ1n) is 13.1. The molecule has 2 fully saturated rings. The summed E-state index contributed by atoms with van der Waals surface area (Å²) in [6.07, 6.45) is 7.97. The van der Waals surface area contributed by atoms with Gasteiger partial charge in [0.05, 0.1) is 19.3 Å². The van der Waals surface area contributed by atoms with Gasteiger partial charge in [-0.05, 0) is 39.2 Å². The second kappa shape index (κ2) is 11.0. The van der Waals surface area contributed by atoms with Gasteiger partial charge in [0.25, 0.3) is 11.5 Å². The van der Waals surface area contributed by atoms with Crippen molar-refractivity contribution in [2.24, 2.45) is 5.92 Å². The molecule has 1 N–H and O–H groups in total. The number of hydrogen-bond donors (Lipinski definition) is 1. The van der Waals surface area contributed by atoms with Gasteiger partial charge < -0.3 is 19.5 Å². The van der Waals surface area contributed by atoms with E-state index in [1.807, 2.05) is 32.9 Å². The van der Waals surface area contributed by atoms with Gasteiger partial charge in [-0.3, -0.25) is 14.3 Å². The molecule has 3 aromatic rings. The number of aromatic nitrogens is 5. The summed E-state index contributed by atoms with van der Waals surface area (Å²) < 4.78 is 20.1. The highest BCUT2D eigenvalue weighted by Crippen LogP contribution is 2.32. The monoisotopic (exact) mass is 522 g/mol. The van der Waals surface area contributed by atoms with E-state index in [0.717, 1.165) is 31.4 Å². The van der Waals surface area contributed by atoms with Crippen LogP contribution >= 0.6 is 0 Å². The number of hydrogen-bond acceptors (Lipinski definition) is 8. The number of aryl methyl sites for hydroxylation is 1. The number of anilines is 1. The first kappa shape index (κ1) is 26.1. The Morgan fingerprint density at radius 1 is 1.26 bits per heavy atom. The average Bonchev–Trinajstić information content (AvgIpc) is 3.60. The molecule has 5 rings (SSSR count). The Kier molecular flexibility index (Phi) is 7.57. The second-order valence-electron chi connectivity index (χ2n) is 10.5. The Hall–Kier alpha value is -3.57. The van der Waals surface area contributed by atoms with E-state index in [1.165, 1.54) is 16.9 Å². The van der Waals surface area contributed by atoms with Crippen LogP contribution < -0.4 is 15.6 Å². The predicted molar refractivity (Wildman–Crippen MR) is 139 cm³/mol. The number of carbonyl (C=O) groups excluding carboxylic acids is 1. The lowest BCUT2D eigenvalue weighted by atomic mass is 9.98. The van der Waals surface area contributed by atoms with Gasteiger partial charge >= 0.3 is 0 Å². The minimum atomic E-state index is -0.769. The largest absolute Gasteiger partial charge is 0.437 e. The van der Waals surface area contributed by atoms with Crippen LogP contribution in [0.2, 0.25) is 0 Å². The molecule has 0 radical (unpaired) electrons. The quantitative estimate of drug-likeness (QED) is 0.450. The molecular formula is C27H34N6O5. The number of pyridine rings is 1. The lowest BCUT2D eigenvalue weighted by Crippen LogP contribution is -2.36. The number of carbonyl (C=O) groups is 1. The minimum absolute atomic E-state index is 0.123. The van der Waals surface area contributed by atoms with Crippen LogP contribution in [0.25, 0.3) is 0 Å². The van der Waals surface area contributed by atoms with Gasteiger partial charge in [0, 0.05) is 30.1 Å². The second-order valence-corrected chi connectivity index (χ2v) is 10.5. The third kappa shape index (κ3) is 6.46. The normalized spacial score (nSPS) is 19.9. The van der Waals surface area contributed by atoms with Crippen molar-refractivity contribution in [1.82, 2.24) is 24.5 Å². The lowest BCUT2D eigenvalue weighted by molar-refractivity contribution is -0.139. The van der Waals surface area contributed by atoms with E-state index >= 15 is 0 Å². The molecule has 4 heterocycles. The van der Waals surface area contributed by atoms with Crippen LogP contribution in [-0.2, 0) is 20.8 Å². The van der Waals surface area contributed by atoms with Gasteiger partial charge in [-0.15, -0.1) is 0 Å². The predicted octanol–water partition coefficient (Wildman–Crippen LogP) is 3.85. The summed E-state index contributed by atoms with van der Waals surface area (Å²) in [5, 5.41) is 11.7. The number of ether oxygens (including phenoxy) is 3. The van der Waals surface area contributed by atoms with Crippen molar-refractivity contribution >= 4 is 11.7 Å². The van der Waals surface area contributed by atoms with Crippen LogP contribution in [0.15, 0.2) is 47.5 Å². The Balaban J connectivity index is 1.30. The Morgan fingerprint density at radius 3 is 2.79 bits per heavy atom. The molecule has 38 heavy (non-hydrogen) atoms. The fourth-order valence-corrected chi connectivity index (χ4v) is 5.07. The SMILES string of the molecule is Cc1cccc(Oc2cnn(C(CC3CCCC3)C(=O)Nc3ccn(CC4COC(C)(C)O4)n3)c(=O)c2)n1. The smallest absolute Gasteiger partial charge is 0.271 e. The summed E-state index contributed by atoms with van der Waals surface area (Å²) in [5.41, 5.74) is 0.382. The summed E-state index contributed by atoms with van der Waals surface area (Å²) in [7, 11) is 0. The first-order valence-corrected chi connectivity index (χ1v) is 13.1. The van der Waals surface area contributed by atoms with Gasteiger partial charge in [0.2, 0.25) is 5.88 Å². The zero-order chi connectivity index (χ0) is 26.7. The lowest BCUT2D eigenvalue weighted by Gasteiger charge is -2.21. The number of nitrogens with zero attached hydrogens (tertiary/aromatic N) is 5. The van der Waals surface area contributed by atoms with Crippen molar-refractivity contribution in [2.45, 2.75) is 77.4 Å². The zero-order valence-corrected chi connectivity index (χ0v) is 22.0. The number of nitrogens with one attached hydrogen (secondary N) is 1. The van der Waals surface area contributed by atoms with E-state index in [0.29, 0.717) is 37.2 Å². The molecule has 202 valence electrons. The van der Waals surface area contributed by atoms with E-state index in [-0.39, 0.29) is 17.8 Å². The maximum atomic E-state index is 13.5. The fraction of sp³-hybridized carbons (Fsp3) is 0.519. The van der Waals surface area contributed by atoms with E-state index in [2.05, 4.69) is 20.5 Å². The maximum Gasteiger partial charge on any atom is 0.271 e. The minimum Gasteiger partial charge on any atom is -0.437 e. The van der Waals surface area contributed by atoms with Crippen LogP contribution in [0.1, 0.15) is 57.7 Å². The third-order valence-corrected chi connectivity index (χ3v) is 6.87. The van der Waals surface area contributed by atoms with Gasteiger partial charge in [0.1, 0.15) is 12.1 Å².